The third kappa shape index (κ3) is 2.99. The van der Waals surface area contributed by atoms with Gasteiger partial charge in [0.1, 0.15) is 0 Å². The van der Waals surface area contributed by atoms with Gasteiger partial charge in [-0.3, -0.25) is 4.79 Å². The summed E-state index contributed by atoms with van der Waals surface area (Å²) in [5, 5.41) is 3.16. The van der Waals surface area contributed by atoms with Crippen molar-refractivity contribution in [3.63, 3.8) is 0 Å². The highest BCUT2D eigenvalue weighted by Gasteiger charge is 2.14. The Bertz CT molecular complexity index is 417. The number of nitrogens with two attached hydrogens (primary N) is 1. The zero-order valence-corrected chi connectivity index (χ0v) is 9.71. The highest BCUT2D eigenvalue weighted by molar-refractivity contribution is 6.34. The predicted octanol–water partition coefficient (Wildman–Crippen LogP) is 1.94. The minimum Gasteiger partial charge on any atom is -0.323 e. The van der Waals surface area contributed by atoms with Gasteiger partial charge in [0.2, 0.25) is 5.91 Å². The lowest BCUT2D eigenvalue weighted by Crippen LogP contribution is -2.35. The number of carbonyl (C=O) groups is 1. The summed E-state index contributed by atoms with van der Waals surface area (Å²) in [6, 6.07) is 4.67. The SMILES string of the molecule is C#CCC(N)C(=O)Nc1c(C)cccc1Cl. The molecule has 1 aromatic carbocycles. The van der Waals surface area contributed by atoms with Crippen LogP contribution in [0.4, 0.5) is 5.69 Å². The van der Waals surface area contributed by atoms with E-state index in [2.05, 4.69) is 11.2 Å². The molecule has 0 aliphatic heterocycles. The molecule has 0 bridgehead atoms. The second-order valence-corrected chi connectivity index (χ2v) is 3.84. The normalized spacial score (nSPS) is 11.6. The van der Waals surface area contributed by atoms with Gasteiger partial charge in [-0.2, -0.15) is 0 Å². The van der Waals surface area contributed by atoms with Gasteiger partial charge in [0, 0.05) is 6.42 Å². The van der Waals surface area contributed by atoms with Crippen LogP contribution in [0.5, 0.6) is 0 Å². The van der Waals surface area contributed by atoms with E-state index >= 15 is 0 Å². The van der Waals surface area contributed by atoms with E-state index in [4.69, 9.17) is 23.8 Å². The lowest BCUT2D eigenvalue weighted by molar-refractivity contribution is -0.117. The Morgan fingerprint density at radius 1 is 1.69 bits per heavy atom. The Morgan fingerprint density at radius 2 is 2.38 bits per heavy atom. The minimum atomic E-state index is -0.708. The summed E-state index contributed by atoms with van der Waals surface area (Å²) in [5.41, 5.74) is 7.05. The van der Waals surface area contributed by atoms with E-state index in [1.165, 1.54) is 0 Å². The second kappa shape index (κ2) is 5.55. The molecular weight excluding hydrogens is 224 g/mol. The van der Waals surface area contributed by atoms with E-state index in [9.17, 15) is 4.79 Å². The molecule has 0 spiro atoms. The van der Waals surface area contributed by atoms with E-state index in [1.54, 1.807) is 6.07 Å². The van der Waals surface area contributed by atoms with Gasteiger partial charge in [-0.1, -0.05) is 23.7 Å². The first-order chi connectivity index (χ1) is 7.56. The summed E-state index contributed by atoms with van der Waals surface area (Å²) >= 11 is 5.96. The van der Waals surface area contributed by atoms with Gasteiger partial charge in [0.15, 0.2) is 0 Å². The Balaban J connectivity index is 2.82. The molecule has 84 valence electrons. The summed E-state index contributed by atoms with van der Waals surface area (Å²) in [6.07, 6.45) is 5.29. The van der Waals surface area contributed by atoms with Crippen molar-refractivity contribution in [1.29, 1.82) is 0 Å². The van der Waals surface area contributed by atoms with Crippen LogP contribution in [0.1, 0.15) is 12.0 Å². The fourth-order valence-corrected chi connectivity index (χ4v) is 1.49. The number of nitrogens with one attached hydrogen (secondary N) is 1. The minimum absolute atomic E-state index is 0.204. The first-order valence-corrected chi connectivity index (χ1v) is 5.19. The molecule has 1 atom stereocenters. The largest absolute Gasteiger partial charge is 0.323 e. The first-order valence-electron chi connectivity index (χ1n) is 4.81. The smallest absolute Gasteiger partial charge is 0.242 e. The number of aryl methyl sites for hydroxylation is 1. The molecule has 1 aromatic rings. The van der Waals surface area contributed by atoms with Crippen molar-refractivity contribution >= 4 is 23.2 Å². The summed E-state index contributed by atoms with van der Waals surface area (Å²) in [6.45, 7) is 1.86. The number of halogens is 1. The predicted molar refractivity (Wildman–Crippen MR) is 66.2 cm³/mol. The van der Waals surface area contributed by atoms with E-state index in [1.807, 2.05) is 19.1 Å². The fourth-order valence-electron chi connectivity index (χ4n) is 1.23. The average Bonchev–Trinajstić information content (AvgIpc) is 2.23. The molecule has 3 nitrogen and oxygen atoms in total. The summed E-state index contributed by atoms with van der Waals surface area (Å²) in [7, 11) is 0. The van der Waals surface area contributed by atoms with Crippen LogP contribution in [-0.2, 0) is 4.79 Å². The third-order valence-corrected chi connectivity index (χ3v) is 2.46. The quantitative estimate of drug-likeness (QED) is 0.788. The summed E-state index contributed by atoms with van der Waals surface area (Å²) < 4.78 is 0. The number of terminal acetylenes is 1. The Morgan fingerprint density at radius 3 is 2.94 bits per heavy atom. The number of hydrogen-bond donors (Lipinski definition) is 2. The third-order valence-electron chi connectivity index (χ3n) is 2.14. The molecule has 1 rings (SSSR count). The highest BCUT2D eigenvalue weighted by atomic mass is 35.5. The molecule has 1 unspecified atom stereocenters. The van der Waals surface area contributed by atoms with Crippen molar-refractivity contribution in [2.75, 3.05) is 5.32 Å². The molecule has 0 saturated heterocycles. The van der Waals surface area contributed by atoms with E-state index in [0.29, 0.717) is 10.7 Å². The number of anilines is 1. The number of hydrogen-bond acceptors (Lipinski definition) is 2. The molecule has 0 aliphatic carbocycles. The van der Waals surface area contributed by atoms with Gasteiger partial charge < -0.3 is 11.1 Å². The molecule has 0 aromatic heterocycles. The van der Waals surface area contributed by atoms with Crippen LogP contribution in [-0.4, -0.2) is 11.9 Å². The summed E-state index contributed by atoms with van der Waals surface area (Å²) in [4.78, 5) is 11.6. The van der Waals surface area contributed by atoms with Gasteiger partial charge in [-0.15, -0.1) is 12.3 Å². The van der Waals surface area contributed by atoms with Crippen molar-refractivity contribution in [2.24, 2.45) is 5.73 Å². The molecule has 3 N–H and O–H groups in total. The monoisotopic (exact) mass is 236 g/mol. The number of amides is 1. The van der Waals surface area contributed by atoms with Gasteiger partial charge in [0.05, 0.1) is 16.8 Å². The van der Waals surface area contributed by atoms with Crippen molar-refractivity contribution in [3.8, 4) is 12.3 Å². The van der Waals surface area contributed by atoms with E-state index in [-0.39, 0.29) is 12.3 Å². The van der Waals surface area contributed by atoms with Crippen molar-refractivity contribution in [3.05, 3.63) is 28.8 Å². The molecule has 16 heavy (non-hydrogen) atoms. The van der Waals surface area contributed by atoms with Gasteiger partial charge >= 0.3 is 0 Å². The van der Waals surface area contributed by atoms with Crippen LogP contribution in [0.25, 0.3) is 0 Å². The van der Waals surface area contributed by atoms with Crippen LogP contribution in [0.2, 0.25) is 5.02 Å². The van der Waals surface area contributed by atoms with Crippen LogP contribution in [0.3, 0.4) is 0 Å². The zero-order chi connectivity index (χ0) is 12.1. The maximum Gasteiger partial charge on any atom is 0.242 e. The Labute approximate surface area is 100.0 Å². The Hall–Kier alpha value is -1.50. The number of benzene rings is 1. The van der Waals surface area contributed by atoms with E-state index < -0.39 is 6.04 Å². The van der Waals surface area contributed by atoms with Crippen molar-refractivity contribution < 1.29 is 4.79 Å². The highest BCUT2D eigenvalue weighted by Crippen LogP contribution is 2.25. The first kappa shape index (κ1) is 12.6. The molecular formula is C12H13ClN2O. The van der Waals surface area contributed by atoms with Crippen molar-refractivity contribution in [2.45, 2.75) is 19.4 Å². The number of carbonyl (C=O) groups excluding carboxylic acids is 1. The maximum absolute atomic E-state index is 11.6. The molecule has 0 heterocycles. The van der Waals surface area contributed by atoms with Crippen LogP contribution in [0.15, 0.2) is 18.2 Å². The summed E-state index contributed by atoms with van der Waals surface area (Å²) in [5.74, 6) is 2.02. The Kier molecular flexibility index (Phi) is 4.36. The topological polar surface area (TPSA) is 55.1 Å². The van der Waals surface area contributed by atoms with E-state index in [0.717, 1.165) is 5.56 Å². The van der Waals surface area contributed by atoms with Crippen LogP contribution < -0.4 is 11.1 Å². The molecule has 0 aliphatic rings. The number of rotatable bonds is 3. The zero-order valence-electron chi connectivity index (χ0n) is 8.96. The average molecular weight is 237 g/mol. The molecule has 1 amide bonds. The standard InChI is InChI=1S/C12H13ClN2O/c1-3-5-10(14)12(16)15-11-8(2)6-4-7-9(11)13/h1,4,6-7,10H,5,14H2,2H3,(H,15,16). The van der Waals surface area contributed by atoms with Gasteiger partial charge in [-0.05, 0) is 18.6 Å². The lowest BCUT2D eigenvalue weighted by Gasteiger charge is -2.13. The van der Waals surface area contributed by atoms with Crippen LogP contribution in [0, 0.1) is 19.3 Å². The lowest BCUT2D eigenvalue weighted by atomic mass is 10.1. The van der Waals surface area contributed by atoms with Crippen LogP contribution >= 0.6 is 11.6 Å². The molecule has 0 fully saturated rings. The fraction of sp³-hybridized carbons (Fsp3) is 0.250. The van der Waals surface area contributed by atoms with Crippen molar-refractivity contribution in [1.82, 2.24) is 0 Å². The van der Waals surface area contributed by atoms with Gasteiger partial charge in [0.25, 0.3) is 0 Å². The number of para-hydroxylation sites is 1. The molecule has 0 saturated carbocycles. The molecule has 4 heteroatoms. The maximum atomic E-state index is 11.6. The second-order valence-electron chi connectivity index (χ2n) is 3.44. The van der Waals surface area contributed by atoms with Gasteiger partial charge in [-0.25, -0.2) is 0 Å². The molecule has 0 radical (unpaired) electrons.